The lowest BCUT2D eigenvalue weighted by Crippen LogP contribution is -2.21. The van der Waals surface area contributed by atoms with Crippen molar-refractivity contribution in [3.63, 3.8) is 0 Å². The van der Waals surface area contributed by atoms with Crippen LogP contribution in [0.2, 0.25) is 5.02 Å². The summed E-state index contributed by atoms with van der Waals surface area (Å²) in [6.45, 7) is 1.15. The molecule has 0 aromatic heterocycles. The molecule has 110 valence electrons. The monoisotopic (exact) mass is 306 g/mol. The summed E-state index contributed by atoms with van der Waals surface area (Å²) in [7, 11) is 0. The Bertz CT molecular complexity index is 601. The highest BCUT2D eigenvalue weighted by Crippen LogP contribution is 2.14. The molecule has 1 amide bonds. The molecule has 21 heavy (non-hydrogen) atoms. The van der Waals surface area contributed by atoms with Crippen LogP contribution < -0.4 is 10.6 Å². The largest absolute Gasteiger partial charge is 0.326 e. The van der Waals surface area contributed by atoms with Crippen molar-refractivity contribution in [3.05, 3.63) is 64.9 Å². The number of rotatable bonds is 6. The highest BCUT2D eigenvalue weighted by atomic mass is 35.5. The number of benzene rings is 2. The van der Waals surface area contributed by atoms with E-state index in [4.69, 9.17) is 11.6 Å². The van der Waals surface area contributed by atoms with Gasteiger partial charge in [0.1, 0.15) is 5.82 Å². The third-order valence-corrected chi connectivity index (χ3v) is 3.11. The van der Waals surface area contributed by atoms with Gasteiger partial charge in [0.2, 0.25) is 5.91 Å². The first-order chi connectivity index (χ1) is 10.1. The lowest BCUT2D eigenvalue weighted by atomic mass is 10.2. The quantitative estimate of drug-likeness (QED) is 0.801. The molecule has 0 unspecified atom stereocenters. The highest BCUT2D eigenvalue weighted by molar-refractivity contribution is 6.30. The summed E-state index contributed by atoms with van der Waals surface area (Å²) in [5, 5.41) is 6.50. The Balaban J connectivity index is 1.68. The summed E-state index contributed by atoms with van der Waals surface area (Å²) in [5.74, 6) is -0.330. The zero-order valence-electron chi connectivity index (χ0n) is 11.4. The number of carbonyl (C=O) groups is 1. The molecule has 0 heterocycles. The number of hydrogen-bond acceptors (Lipinski definition) is 2. The van der Waals surface area contributed by atoms with E-state index < -0.39 is 0 Å². The minimum absolute atomic E-state index is 0.0797. The molecule has 2 N–H and O–H groups in total. The maximum absolute atomic E-state index is 12.7. The van der Waals surface area contributed by atoms with Gasteiger partial charge in [-0.15, -0.1) is 0 Å². The van der Waals surface area contributed by atoms with Crippen LogP contribution in [0.3, 0.4) is 0 Å². The SMILES string of the molecule is O=C(CCNCc1ccc(F)cc1)Nc1cccc(Cl)c1. The maximum Gasteiger partial charge on any atom is 0.225 e. The van der Waals surface area contributed by atoms with Crippen molar-refractivity contribution in [1.29, 1.82) is 0 Å². The Hall–Kier alpha value is -1.91. The molecule has 0 aliphatic heterocycles. The first kappa shape index (κ1) is 15.5. The molecule has 0 aliphatic carbocycles. The van der Waals surface area contributed by atoms with Gasteiger partial charge in [0.05, 0.1) is 0 Å². The van der Waals surface area contributed by atoms with E-state index >= 15 is 0 Å². The number of amides is 1. The lowest BCUT2D eigenvalue weighted by molar-refractivity contribution is -0.116. The molecule has 3 nitrogen and oxygen atoms in total. The van der Waals surface area contributed by atoms with E-state index in [1.165, 1.54) is 12.1 Å². The van der Waals surface area contributed by atoms with Gasteiger partial charge in [0.15, 0.2) is 0 Å². The van der Waals surface area contributed by atoms with Crippen LogP contribution in [0.5, 0.6) is 0 Å². The summed E-state index contributed by atoms with van der Waals surface area (Å²) in [5.41, 5.74) is 1.66. The molecule has 0 fully saturated rings. The predicted octanol–water partition coefficient (Wildman–Crippen LogP) is 3.60. The topological polar surface area (TPSA) is 41.1 Å². The molecule has 0 bridgehead atoms. The third kappa shape index (κ3) is 5.53. The molecule has 0 spiro atoms. The summed E-state index contributed by atoms with van der Waals surface area (Å²) >= 11 is 5.84. The summed E-state index contributed by atoms with van der Waals surface area (Å²) in [4.78, 5) is 11.7. The zero-order chi connectivity index (χ0) is 15.1. The fourth-order valence-electron chi connectivity index (χ4n) is 1.83. The van der Waals surface area contributed by atoms with Gasteiger partial charge in [-0.1, -0.05) is 29.8 Å². The molecule has 2 rings (SSSR count). The fraction of sp³-hybridized carbons (Fsp3) is 0.188. The van der Waals surface area contributed by atoms with E-state index in [1.54, 1.807) is 36.4 Å². The standard InChI is InChI=1S/C16H16ClFN2O/c17-13-2-1-3-15(10-13)20-16(21)8-9-19-11-12-4-6-14(18)7-5-12/h1-7,10,19H,8-9,11H2,(H,20,21). The molecule has 5 heteroatoms. The van der Waals surface area contributed by atoms with Gasteiger partial charge in [0.25, 0.3) is 0 Å². The summed E-state index contributed by atoms with van der Waals surface area (Å²) < 4.78 is 12.7. The lowest BCUT2D eigenvalue weighted by Gasteiger charge is -2.07. The highest BCUT2D eigenvalue weighted by Gasteiger charge is 2.02. The number of anilines is 1. The number of carbonyl (C=O) groups excluding carboxylic acids is 1. The molecule has 0 radical (unpaired) electrons. The Morgan fingerprint density at radius 1 is 1.14 bits per heavy atom. The molecule has 2 aromatic carbocycles. The minimum Gasteiger partial charge on any atom is -0.326 e. The van der Waals surface area contributed by atoms with Crippen LogP contribution >= 0.6 is 11.6 Å². The van der Waals surface area contributed by atoms with E-state index in [1.807, 2.05) is 0 Å². The normalized spacial score (nSPS) is 10.4. The van der Waals surface area contributed by atoms with Crippen LogP contribution in [0, 0.1) is 5.82 Å². The average molecular weight is 307 g/mol. The van der Waals surface area contributed by atoms with Gasteiger partial charge in [-0.3, -0.25) is 4.79 Å². The molecular weight excluding hydrogens is 291 g/mol. The fourth-order valence-corrected chi connectivity index (χ4v) is 2.02. The van der Waals surface area contributed by atoms with Gasteiger partial charge < -0.3 is 10.6 Å². The van der Waals surface area contributed by atoms with Crippen LogP contribution in [0.1, 0.15) is 12.0 Å². The average Bonchev–Trinajstić information content (AvgIpc) is 2.45. The van der Waals surface area contributed by atoms with Gasteiger partial charge in [-0.05, 0) is 35.9 Å². The molecule has 0 saturated carbocycles. The Kier molecular flexibility index (Phi) is 5.72. The maximum atomic E-state index is 12.7. The Morgan fingerprint density at radius 3 is 2.62 bits per heavy atom. The van der Waals surface area contributed by atoms with Crippen molar-refractivity contribution >= 4 is 23.2 Å². The van der Waals surface area contributed by atoms with Crippen molar-refractivity contribution in [2.24, 2.45) is 0 Å². The van der Waals surface area contributed by atoms with E-state index in [9.17, 15) is 9.18 Å². The smallest absolute Gasteiger partial charge is 0.225 e. The van der Waals surface area contributed by atoms with E-state index in [0.717, 1.165) is 5.56 Å². The van der Waals surface area contributed by atoms with Gasteiger partial charge in [0, 0.05) is 30.2 Å². The molecule has 2 aromatic rings. The van der Waals surface area contributed by atoms with Gasteiger partial charge in [-0.2, -0.15) is 0 Å². The summed E-state index contributed by atoms with van der Waals surface area (Å²) in [6, 6.07) is 13.3. The van der Waals surface area contributed by atoms with Crippen molar-refractivity contribution < 1.29 is 9.18 Å². The minimum atomic E-state index is -0.250. The van der Waals surface area contributed by atoms with Crippen LogP contribution in [0.4, 0.5) is 10.1 Å². The van der Waals surface area contributed by atoms with Gasteiger partial charge >= 0.3 is 0 Å². The Labute approximate surface area is 128 Å². The van der Waals surface area contributed by atoms with Crippen molar-refractivity contribution in [2.45, 2.75) is 13.0 Å². The van der Waals surface area contributed by atoms with Crippen LogP contribution in [-0.2, 0) is 11.3 Å². The first-order valence-corrected chi connectivity index (χ1v) is 7.02. The summed E-state index contributed by atoms with van der Waals surface area (Å²) in [6.07, 6.45) is 0.355. The second-order valence-corrected chi connectivity index (χ2v) is 5.05. The molecule has 0 atom stereocenters. The van der Waals surface area contributed by atoms with E-state index in [0.29, 0.717) is 30.2 Å². The number of halogens is 2. The van der Waals surface area contributed by atoms with Crippen molar-refractivity contribution in [3.8, 4) is 0 Å². The predicted molar refractivity (Wildman–Crippen MR) is 82.8 cm³/mol. The molecular formula is C16H16ClFN2O. The second kappa shape index (κ2) is 7.76. The van der Waals surface area contributed by atoms with Crippen molar-refractivity contribution in [2.75, 3.05) is 11.9 Å². The van der Waals surface area contributed by atoms with Crippen molar-refractivity contribution in [1.82, 2.24) is 5.32 Å². The molecule has 0 saturated heterocycles. The third-order valence-electron chi connectivity index (χ3n) is 2.88. The van der Waals surface area contributed by atoms with Crippen LogP contribution in [-0.4, -0.2) is 12.5 Å². The first-order valence-electron chi connectivity index (χ1n) is 6.64. The number of nitrogens with one attached hydrogen (secondary N) is 2. The zero-order valence-corrected chi connectivity index (χ0v) is 12.2. The van der Waals surface area contributed by atoms with E-state index in [-0.39, 0.29) is 11.7 Å². The van der Waals surface area contributed by atoms with Gasteiger partial charge in [-0.25, -0.2) is 4.39 Å². The molecule has 0 aliphatic rings. The second-order valence-electron chi connectivity index (χ2n) is 4.61. The van der Waals surface area contributed by atoms with Crippen LogP contribution in [0.15, 0.2) is 48.5 Å². The van der Waals surface area contributed by atoms with E-state index in [2.05, 4.69) is 10.6 Å². The van der Waals surface area contributed by atoms with Crippen LogP contribution in [0.25, 0.3) is 0 Å². The Morgan fingerprint density at radius 2 is 1.90 bits per heavy atom. The number of hydrogen-bond donors (Lipinski definition) is 2.